The van der Waals surface area contributed by atoms with Crippen molar-refractivity contribution in [3.8, 4) is 0 Å². The van der Waals surface area contributed by atoms with Crippen LogP contribution in [0.3, 0.4) is 0 Å². The first kappa shape index (κ1) is 32.1. The van der Waals surface area contributed by atoms with Crippen molar-refractivity contribution in [1.29, 1.82) is 0 Å². The standard InChI is InChI=1S/C22H32N2O2.C13H18.H2/c1-5-10-21(6-2)24(7-3)17-20-13-8-11-19(15-20)12-9-14-22(26)23-16-18(4)25;1-2-11-7-5-6-10-13(11)12-8-3-4-9-12;/h8,11,13,15H,2,5,7,9-10,12,14,16-17H2,1,3-4H3,(H,23,26);5-7,10,12H,2-4,8-9H2,1H3;1H. The lowest BCUT2D eigenvalue weighted by Crippen LogP contribution is -2.28. The summed E-state index contributed by atoms with van der Waals surface area (Å²) in [6.45, 7) is 13.8. The number of allylic oxidation sites excluding steroid dienone is 1. The first-order valence-electron chi connectivity index (χ1n) is 15.0. The van der Waals surface area contributed by atoms with Crippen LogP contribution >= 0.6 is 0 Å². The smallest absolute Gasteiger partial charge is 0.220 e. The first-order chi connectivity index (χ1) is 18.9. The number of aryl methyl sites for hydroxylation is 2. The van der Waals surface area contributed by atoms with Crippen molar-refractivity contribution in [2.45, 2.75) is 104 Å². The molecule has 0 bridgehead atoms. The minimum atomic E-state index is -0.0613. The third-order valence-electron chi connectivity index (χ3n) is 7.45. The molecule has 0 atom stereocenters. The molecule has 2 aromatic carbocycles. The molecule has 4 nitrogen and oxygen atoms in total. The van der Waals surface area contributed by atoms with E-state index in [2.05, 4.69) is 91.8 Å². The number of carbonyl (C=O) groups excluding carboxylic acids is 2. The molecular weight excluding hydrogens is 480 g/mol. The molecule has 1 aliphatic carbocycles. The summed E-state index contributed by atoms with van der Waals surface area (Å²) in [5, 5.41) is 2.63. The van der Waals surface area contributed by atoms with Gasteiger partial charge in [-0.05, 0) is 80.5 Å². The summed E-state index contributed by atoms with van der Waals surface area (Å²) in [6.07, 6.45) is 11.0. The molecule has 2 aromatic rings. The van der Waals surface area contributed by atoms with Gasteiger partial charge in [0.2, 0.25) is 5.91 Å². The number of carbonyl (C=O) groups is 2. The van der Waals surface area contributed by atoms with Crippen LogP contribution in [0.5, 0.6) is 0 Å². The fraction of sp³-hybridized carbons (Fsp3) is 0.514. The molecule has 1 fully saturated rings. The zero-order chi connectivity index (χ0) is 28.5. The third-order valence-corrected chi connectivity index (χ3v) is 7.45. The van der Waals surface area contributed by atoms with Gasteiger partial charge in [0, 0.05) is 20.9 Å². The van der Waals surface area contributed by atoms with Gasteiger partial charge < -0.3 is 10.2 Å². The number of hydrogen-bond donors (Lipinski definition) is 1. The van der Waals surface area contributed by atoms with Crippen molar-refractivity contribution in [1.82, 2.24) is 10.2 Å². The normalized spacial score (nSPS) is 12.7. The highest BCUT2D eigenvalue weighted by Gasteiger charge is 2.18. The highest BCUT2D eigenvalue weighted by Crippen LogP contribution is 2.35. The second-order valence-electron chi connectivity index (χ2n) is 10.6. The van der Waals surface area contributed by atoms with Gasteiger partial charge in [-0.3, -0.25) is 9.59 Å². The zero-order valence-corrected chi connectivity index (χ0v) is 24.9. The number of nitrogens with one attached hydrogen (secondary N) is 1. The van der Waals surface area contributed by atoms with E-state index in [1.807, 2.05) is 0 Å². The van der Waals surface area contributed by atoms with Crippen molar-refractivity contribution in [2.75, 3.05) is 13.1 Å². The average molecular weight is 533 g/mol. The fourth-order valence-electron chi connectivity index (χ4n) is 5.35. The molecule has 1 amide bonds. The van der Waals surface area contributed by atoms with E-state index in [1.54, 1.807) is 11.1 Å². The Labute approximate surface area is 239 Å². The predicted molar refractivity (Wildman–Crippen MR) is 166 cm³/mol. The van der Waals surface area contributed by atoms with E-state index in [1.165, 1.54) is 55.9 Å². The summed E-state index contributed by atoms with van der Waals surface area (Å²) in [5.74, 6) is 0.785. The van der Waals surface area contributed by atoms with Gasteiger partial charge in [0.05, 0.1) is 12.2 Å². The van der Waals surface area contributed by atoms with Gasteiger partial charge >= 0.3 is 0 Å². The van der Waals surface area contributed by atoms with Gasteiger partial charge in [0.25, 0.3) is 0 Å². The Bertz CT molecular complexity index is 1080. The average Bonchev–Trinajstić information content (AvgIpc) is 3.49. The van der Waals surface area contributed by atoms with Crippen molar-refractivity contribution in [3.63, 3.8) is 0 Å². The van der Waals surface area contributed by atoms with E-state index in [0.717, 1.165) is 44.7 Å². The van der Waals surface area contributed by atoms with E-state index in [0.29, 0.717) is 6.42 Å². The Morgan fingerprint density at radius 1 is 1.03 bits per heavy atom. The topological polar surface area (TPSA) is 49.4 Å². The predicted octanol–water partition coefficient (Wildman–Crippen LogP) is 8.16. The maximum Gasteiger partial charge on any atom is 0.220 e. The first-order valence-corrected chi connectivity index (χ1v) is 15.0. The van der Waals surface area contributed by atoms with Gasteiger partial charge in [0.1, 0.15) is 5.78 Å². The van der Waals surface area contributed by atoms with Crippen molar-refractivity contribution >= 4 is 11.7 Å². The number of nitrogens with zero attached hydrogens (tertiary/aromatic N) is 1. The molecule has 0 aromatic heterocycles. The SMILES string of the molecule is C=C=C(CCC)N(CC)Cc1cccc(CCCC(=O)NCC(C)=O)c1.CCc1ccccc1C1CCCC1.[HH]. The monoisotopic (exact) mass is 532 g/mol. The van der Waals surface area contributed by atoms with Crippen LogP contribution in [0.25, 0.3) is 0 Å². The molecule has 1 N–H and O–H groups in total. The summed E-state index contributed by atoms with van der Waals surface area (Å²) in [6, 6.07) is 17.5. The van der Waals surface area contributed by atoms with E-state index in [9.17, 15) is 9.59 Å². The van der Waals surface area contributed by atoms with Crippen molar-refractivity contribution in [2.24, 2.45) is 0 Å². The lowest BCUT2D eigenvalue weighted by atomic mass is 9.92. The molecular formula is C35H52N2O2. The number of Topliss-reactive ketones (excluding diaryl/α,β-unsaturated/α-hetero) is 1. The molecule has 1 aliphatic rings. The quantitative estimate of drug-likeness (QED) is 0.250. The van der Waals surface area contributed by atoms with E-state index >= 15 is 0 Å². The second-order valence-corrected chi connectivity index (χ2v) is 10.6. The highest BCUT2D eigenvalue weighted by molar-refractivity contribution is 5.84. The minimum Gasteiger partial charge on any atom is -0.365 e. The molecule has 0 unspecified atom stereocenters. The number of amides is 1. The molecule has 214 valence electrons. The van der Waals surface area contributed by atoms with Crippen LogP contribution in [-0.2, 0) is 29.0 Å². The summed E-state index contributed by atoms with van der Waals surface area (Å²) in [4.78, 5) is 24.9. The molecule has 39 heavy (non-hydrogen) atoms. The molecule has 3 rings (SSSR count). The van der Waals surface area contributed by atoms with E-state index in [-0.39, 0.29) is 19.7 Å². The number of hydrogen-bond acceptors (Lipinski definition) is 3. The lowest BCUT2D eigenvalue weighted by Gasteiger charge is -2.25. The van der Waals surface area contributed by atoms with Gasteiger partial charge in [-0.1, -0.05) is 88.2 Å². The largest absolute Gasteiger partial charge is 0.365 e. The van der Waals surface area contributed by atoms with E-state index < -0.39 is 0 Å². The molecule has 1 saturated carbocycles. The molecule has 0 spiro atoms. The van der Waals surface area contributed by atoms with Crippen molar-refractivity contribution in [3.05, 3.63) is 88.8 Å². The Balaban J connectivity index is 0.000000475. The minimum absolute atomic E-state index is 0. The fourth-order valence-corrected chi connectivity index (χ4v) is 5.35. The second kappa shape index (κ2) is 18.2. The van der Waals surface area contributed by atoms with Gasteiger partial charge in [-0.2, -0.15) is 0 Å². The molecule has 0 aliphatic heterocycles. The zero-order valence-electron chi connectivity index (χ0n) is 24.9. The van der Waals surface area contributed by atoms with Crippen LogP contribution < -0.4 is 5.32 Å². The van der Waals surface area contributed by atoms with Crippen LogP contribution in [0, 0.1) is 0 Å². The maximum absolute atomic E-state index is 11.7. The van der Waals surface area contributed by atoms with Crippen LogP contribution in [0.4, 0.5) is 0 Å². The summed E-state index contributed by atoms with van der Waals surface area (Å²) in [7, 11) is 0. The van der Waals surface area contributed by atoms with Crippen LogP contribution in [0.2, 0.25) is 0 Å². The van der Waals surface area contributed by atoms with Gasteiger partial charge in [0.15, 0.2) is 0 Å². The van der Waals surface area contributed by atoms with E-state index in [4.69, 9.17) is 0 Å². The van der Waals surface area contributed by atoms with Crippen LogP contribution in [-0.4, -0.2) is 29.7 Å². The Morgan fingerprint density at radius 3 is 2.38 bits per heavy atom. The van der Waals surface area contributed by atoms with Crippen LogP contribution in [0.15, 0.2) is 66.5 Å². The van der Waals surface area contributed by atoms with Crippen LogP contribution in [0.1, 0.15) is 109 Å². The lowest BCUT2D eigenvalue weighted by molar-refractivity contribution is -0.124. The van der Waals surface area contributed by atoms with Gasteiger partial charge in [-0.15, -0.1) is 5.73 Å². The Hall–Kier alpha value is -3.10. The molecule has 0 saturated heterocycles. The summed E-state index contributed by atoms with van der Waals surface area (Å²) < 4.78 is 0. The number of ketones is 1. The van der Waals surface area contributed by atoms with Crippen molar-refractivity contribution < 1.29 is 11.0 Å². The highest BCUT2D eigenvalue weighted by atomic mass is 16.2. The Kier molecular flexibility index (Phi) is 15.0. The Morgan fingerprint density at radius 2 is 1.74 bits per heavy atom. The third kappa shape index (κ3) is 11.7. The summed E-state index contributed by atoms with van der Waals surface area (Å²) >= 11 is 0. The molecule has 0 heterocycles. The molecule has 4 heteroatoms. The summed E-state index contributed by atoms with van der Waals surface area (Å²) in [5.41, 5.74) is 9.93. The van der Waals surface area contributed by atoms with Gasteiger partial charge in [-0.25, -0.2) is 0 Å². The number of benzene rings is 2. The number of rotatable bonds is 14. The maximum atomic E-state index is 11.7. The molecule has 0 radical (unpaired) electrons.